The van der Waals surface area contributed by atoms with Crippen molar-refractivity contribution in [2.75, 3.05) is 40.3 Å². The predicted octanol–water partition coefficient (Wildman–Crippen LogP) is 3.33. The van der Waals surface area contributed by atoms with Crippen molar-refractivity contribution in [2.24, 2.45) is 5.92 Å². The van der Waals surface area contributed by atoms with Gasteiger partial charge in [-0.1, -0.05) is 36.8 Å². The van der Waals surface area contributed by atoms with Gasteiger partial charge in [-0.15, -0.1) is 0 Å². The van der Waals surface area contributed by atoms with Crippen LogP contribution >= 0.6 is 0 Å². The first-order valence-electron chi connectivity index (χ1n) is 13.5. The third-order valence-corrected chi connectivity index (χ3v) is 9.63. The lowest BCUT2D eigenvalue weighted by Gasteiger charge is -2.51. The Morgan fingerprint density at radius 2 is 1.74 bits per heavy atom. The van der Waals surface area contributed by atoms with Gasteiger partial charge in [-0.3, -0.25) is 9.69 Å². The molecule has 5 rings (SSSR count). The number of urea groups is 1. The van der Waals surface area contributed by atoms with Crippen molar-refractivity contribution in [1.29, 1.82) is 0 Å². The van der Waals surface area contributed by atoms with Crippen molar-refractivity contribution in [1.82, 2.24) is 20.0 Å². The molecule has 0 atom stereocenters. The van der Waals surface area contributed by atoms with Crippen LogP contribution in [0.5, 0.6) is 0 Å². The standard InChI is InChI=1S/C28H42N4O3/c1-30(2)28(23-10-4-3-5-11-23)16-14-26(15-17-28)21-31(25(34)32(26)18-22-8-6-9-22)19-24(33)29-20-27(35)12-7-13-27/h3-5,10-11,22,35H,6-9,12-21H2,1-2H3,(H,29,33). The van der Waals surface area contributed by atoms with Crippen molar-refractivity contribution >= 4 is 11.9 Å². The zero-order valence-electron chi connectivity index (χ0n) is 21.5. The lowest BCUT2D eigenvalue weighted by Crippen LogP contribution is -2.56. The van der Waals surface area contributed by atoms with Gasteiger partial charge < -0.3 is 20.2 Å². The molecule has 0 bridgehead atoms. The summed E-state index contributed by atoms with van der Waals surface area (Å²) in [5.41, 5.74) is 0.368. The summed E-state index contributed by atoms with van der Waals surface area (Å²) < 4.78 is 0. The molecule has 35 heavy (non-hydrogen) atoms. The van der Waals surface area contributed by atoms with E-state index in [4.69, 9.17) is 0 Å². The number of carbonyl (C=O) groups is 2. The molecular formula is C28H42N4O3. The summed E-state index contributed by atoms with van der Waals surface area (Å²) in [5.74, 6) is 0.425. The predicted molar refractivity (Wildman–Crippen MR) is 136 cm³/mol. The second-order valence-corrected chi connectivity index (χ2v) is 11.9. The maximum absolute atomic E-state index is 13.6. The Morgan fingerprint density at radius 1 is 1.06 bits per heavy atom. The summed E-state index contributed by atoms with van der Waals surface area (Å²) in [6.07, 6.45) is 10.0. The first kappa shape index (κ1) is 24.6. The summed E-state index contributed by atoms with van der Waals surface area (Å²) in [6.45, 7) is 1.80. The monoisotopic (exact) mass is 482 g/mol. The van der Waals surface area contributed by atoms with Crippen molar-refractivity contribution in [3.63, 3.8) is 0 Å². The molecule has 3 amide bonds. The van der Waals surface area contributed by atoms with E-state index in [1.165, 1.54) is 24.8 Å². The molecule has 1 spiro atoms. The average Bonchev–Trinajstić information content (AvgIpc) is 3.04. The van der Waals surface area contributed by atoms with Gasteiger partial charge in [0.05, 0.1) is 11.1 Å². The highest BCUT2D eigenvalue weighted by molar-refractivity contribution is 5.86. The van der Waals surface area contributed by atoms with Crippen molar-refractivity contribution < 1.29 is 14.7 Å². The highest BCUT2D eigenvalue weighted by Gasteiger charge is 2.55. The molecule has 0 unspecified atom stereocenters. The van der Waals surface area contributed by atoms with Gasteiger partial charge in [0.2, 0.25) is 5.91 Å². The highest BCUT2D eigenvalue weighted by atomic mass is 16.3. The van der Waals surface area contributed by atoms with Crippen LogP contribution in [0.4, 0.5) is 4.79 Å². The second-order valence-electron chi connectivity index (χ2n) is 11.9. The van der Waals surface area contributed by atoms with Crippen LogP contribution in [0.15, 0.2) is 30.3 Å². The molecule has 192 valence electrons. The molecule has 1 aliphatic heterocycles. The zero-order chi connectivity index (χ0) is 24.7. The van der Waals surface area contributed by atoms with Gasteiger partial charge in [-0.25, -0.2) is 4.79 Å². The molecule has 0 aromatic heterocycles. The lowest BCUT2D eigenvalue weighted by molar-refractivity contribution is -0.124. The third-order valence-electron chi connectivity index (χ3n) is 9.63. The largest absolute Gasteiger partial charge is 0.388 e. The first-order valence-corrected chi connectivity index (χ1v) is 13.5. The van der Waals surface area contributed by atoms with Gasteiger partial charge in [-0.2, -0.15) is 0 Å². The van der Waals surface area contributed by atoms with E-state index < -0.39 is 5.60 Å². The minimum absolute atomic E-state index is 0.0199. The molecule has 1 saturated heterocycles. The topological polar surface area (TPSA) is 76.1 Å². The molecule has 1 heterocycles. The van der Waals surface area contributed by atoms with Crippen LogP contribution in [0.1, 0.15) is 69.8 Å². The number of hydrogen-bond donors (Lipinski definition) is 2. The van der Waals surface area contributed by atoms with Gasteiger partial charge in [0.1, 0.15) is 6.54 Å². The molecule has 1 aromatic rings. The Kier molecular flexibility index (Phi) is 6.60. The number of rotatable bonds is 8. The summed E-state index contributed by atoms with van der Waals surface area (Å²) in [6, 6.07) is 10.8. The number of nitrogens with one attached hydrogen (secondary N) is 1. The Hall–Kier alpha value is -2.12. The van der Waals surface area contributed by atoms with Crippen LogP contribution in [-0.2, 0) is 10.3 Å². The molecule has 0 radical (unpaired) electrons. The molecule has 1 aromatic carbocycles. The van der Waals surface area contributed by atoms with Crippen molar-refractivity contribution in [3.05, 3.63) is 35.9 Å². The van der Waals surface area contributed by atoms with Crippen molar-refractivity contribution in [3.8, 4) is 0 Å². The SMILES string of the molecule is CN(C)C1(c2ccccc2)CCC2(CC1)CN(CC(=O)NCC1(O)CCC1)C(=O)N2CC1CCC1. The fourth-order valence-electron chi connectivity index (χ4n) is 6.76. The van der Waals surface area contributed by atoms with E-state index in [-0.39, 0.29) is 36.1 Å². The van der Waals surface area contributed by atoms with E-state index in [0.29, 0.717) is 12.5 Å². The Balaban J connectivity index is 1.31. The van der Waals surface area contributed by atoms with Crippen molar-refractivity contribution in [2.45, 2.75) is 80.9 Å². The zero-order valence-corrected chi connectivity index (χ0v) is 21.5. The van der Waals surface area contributed by atoms with Crippen LogP contribution in [0.25, 0.3) is 0 Å². The molecule has 4 aliphatic rings. The fourth-order valence-corrected chi connectivity index (χ4v) is 6.76. The average molecular weight is 483 g/mol. The minimum Gasteiger partial charge on any atom is -0.388 e. The molecule has 2 N–H and O–H groups in total. The second kappa shape index (κ2) is 9.40. The molecule has 4 fully saturated rings. The summed E-state index contributed by atoms with van der Waals surface area (Å²) in [4.78, 5) is 32.6. The molecule has 7 nitrogen and oxygen atoms in total. The van der Waals surface area contributed by atoms with Crippen LogP contribution in [-0.4, -0.2) is 83.2 Å². The lowest BCUT2D eigenvalue weighted by atomic mass is 9.68. The van der Waals surface area contributed by atoms with Gasteiger partial charge >= 0.3 is 6.03 Å². The Bertz CT molecular complexity index is 917. The van der Waals surface area contributed by atoms with E-state index in [0.717, 1.165) is 51.5 Å². The number of carbonyl (C=O) groups excluding carboxylic acids is 2. The van der Waals surface area contributed by atoms with E-state index >= 15 is 0 Å². The maximum atomic E-state index is 13.6. The van der Waals surface area contributed by atoms with Gasteiger partial charge in [0.25, 0.3) is 0 Å². The van der Waals surface area contributed by atoms with Crippen LogP contribution in [0, 0.1) is 5.92 Å². The molecular weight excluding hydrogens is 440 g/mol. The number of hydrogen-bond acceptors (Lipinski definition) is 4. The number of amides is 3. The minimum atomic E-state index is -0.752. The smallest absolute Gasteiger partial charge is 0.321 e. The molecule has 3 aliphatic carbocycles. The summed E-state index contributed by atoms with van der Waals surface area (Å²) in [7, 11) is 4.34. The quantitative estimate of drug-likeness (QED) is 0.596. The Morgan fingerprint density at radius 3 is 2.29 bits per heavy atom. The fraction of sp³-hybridized carbons (Fsp3) is 0.714. The maximum Gasteiger partial charge on any atom is 0.321 e. The van der Waals surface area contributed by atoms with E-state index in [1.807, 2.05) is 0 Å². The molecule has 3 saturated carbocycles. The van der Waals surface area contributed by atoms with Crippen LogP contribution in [0.3, 0.4) is 0 Å². The van der Waals surface area contributed by atoms with Crippen LogP contribution in [0.2, 0.25) is 0 Å². The van der Waals surface area contributed by atoms with Crippen LogP contribution < -0.4 is 5.32 Å². The van der Waals surface area contributed by atoms with E-state index in [9.17, 15) is 14.7 Å². The summed E-state index contributed by atoms with van der Waals surface area (Å²) in [5, 5.41) is 13.2. The van der Waals surface area contributed by atoms with E-state index in [1.54, 1.807) is 4.90 Å². The summed E-state index contributed by atoms with van der Waals surface area (Å²) >= 11 is 0. The first-order chi connectivity index (χ1) is 16.8. The third kappa shape index (κ3) is 4.57. The highest BCUT2D eigenvalue weighted by Crippen LogP contribution is 2.49. The normalized spacial score (nSPS) is 30.5. The molecule has 7 heteroatoms. The number of aliphatic hydroxyl groups is 1. The number of benzene rings is 1. The Labute approximate surface area is 209 Å². The van der Waals surface area contributed by atoms with Gasteiger partial charge in [-0.05, 0) is 83.4 Å². The number of nitrogens with zero attached hydrogens (tertiary/aromatic N) is 3. The van der Waals surface area contributed by atoms with Gasteiger partial charge in [0.15, 0.2) is 0 Å². The van der Waals surface area contributed by atoms with E-state index in [2.05, 4.69) is 59.5 Å². The van der Waals surface area contributed by atoms with Gasteiger partial charge in [0, 0.05) is 25.2 Å².